The van der Waals surface area contributed by atoms with Crippen molar-refractivity contribution in [3.8, 4) is 0 Å². The Morgan fingerprint density at radius 1 is 1.27 bits per heavy atom. The molecule has 146 valence electrons. The minimum absolute atomic E-state index is 0.00483. The molecule has 8 atom stereocenters. The molecule has 4 aliphatic carbocycles. The van der Waals surface area contributed by atoms with E-state index in [0.717, 1.165) is 25.7 Å². The number of esters is 1. The van der Waals surface area contributed by atoms with Gasteiger partial charge in [0.05, 0.1) is 12.7 Å². The van der Waals surface area contributed by atoms with Crippen LogP contribution < -0.4 is 0 Å². The highest BCUT2D eigenvalue weighted by Crippen LogP contribution is 2.70. The van der Waals surface area contributed by atoms with Gasteiger partial charge in [0, 0.05) is 17.8 Å². The summed E-state index contributed by atoms with van der Waals surface area (Å²) in [5, 5.41) is 21.7. The molecular formula is C22H34O4. The number of aliphatic hydroxyl groups is 2. The maximum Gasteiger partial charge on any atom is 0.302 e. The Labute approximate surface area is 157 Å². The Morgan fingerprint density at radius 3 is 2.65 bits per heavy atom. The Hall–Kier alpha value is -0.870. The summed E-state index contributed by atoms with van der Waals surface area (Å²) < 4.78 is 5.65. The highest BCUT2D eigenvalue weighted by Gasteiger charge is 2.67. The maximum absolute atomic E-state index is 11.6. The number of allylic oxidation sites excluding steroid dienone is 1. The van der Waals surface area contributed by atoms with Crippen LogP contribution in [0, 0.1) is 34.0 Å². The highest BCUT2D eigenvalue weighted by molar-refractivity contribution is 5.66. The van der Waals surface area contributed by atoms with Crippen LogP contribution in [-0.2, 0) is 9.53 Å². The topological polar surface area (TPSA) is 66.8 Å². The summed E-state index contributed by atoms with van der Waals surface area (Å²) in [4.78, 5) is 11.6. The van der Waals surface area contributed by atoms with E-state index in [1.54, 1.807) is 0 Å². The molecule has 3 fully saturated rings. The molecule has 0 aromatic carbocycles. The first-order valence-corrected chi connectivity index (χ1v) is 10.3. The third-order valence-corrected chi connectivity index (χ3v) is 8.99. The molecule has 0 heterocycles. The molecule has 4 aliphatic rings. The van der Waals surface area contributed by atoms with Crippen LogP contribution >= 0.6 is 0 Å². The zero-order valence-corrected chi connectivity index (χ0v) is 16.6. The molecule has 2 N–H and O–H groups in total. The molecule has 0 aliphatic heterocycles. The van der Waals surface area contributed by atoms with Gasteiger partial charge in [0.1, 0.15) is 6.10 Å². The summed E-state index contributed by atoms with van der Waals surface area (Å²) >= 11 is 0. The van der Waals surface area contributed by atoms with Crippen molar-refractivity contribution in [1.82, 2.24) is 0 Å². The van der Waals surface area contributed by atoms with Crippen molar-refractivity contribution in [3.05, 3.63) is 11.6 Å². The van der Waals surface area contributed by atoms with Crippen LogP contribution in [0.5, 0.6) is 0 Å². The fraction of sp³-hybridized carbons (Fsp3) is 0.864. The van der Waals surface area contributed by atoms with Gasteiger partial charge < -0.3 is 14.9 Å². The quantitative estimate of drug-likeness (QED) is 0.583. The van der Waals surface area contributed by atoms with Gasteiger partial charge in [-0.05, 0) is 68.6 Å². The van der Waals surface area contributed by atoms with Gasteiger partial charge in [0.2, 0.25) is 0 Å². The summed E-state index contributed by atoms with van der Waals surface area (Å²) in [5.74, 6) is 0.972. The van der Waals surface area contributed by atoms with Gasteiger partial charge in [-0.25, -0.2) is 0 Å². The zero-order valence-electron chi connectivity index (χ0n) is 16.6. The average Bonchev–Trinajstić information content (AvgIpc) is 2.84. The van der Waals surface area contributed by atoms with Crippen LogP contribution in [0.1, 0.15) is 66.2 Å². The lowest BCUT2D eigenvalue weighted by Crippen LogP contribution is -2.65. The second-order valence-electron chi connectivity index (χ2n) is 10.1. The van der Waals surface area contributed by atoms with Crippen molar-refractivity contribution < 1.29 is 19.7 Å². The van der Waals surface area contributed by atoms with E-state index in [9.17, 15) is 15.0 Å². The van der Waals surface area contributed by atoms with Crippen LogP contribution in [0.15, 0.2) is 11.6 Å². The summed E-state index contributed by atoms with van der Waals surface area (Å²) in [6, 6.07) is 0. The van der Waals surface area contributed by atoms with Gasteiger partial charge in [0.25, 0.3) is 0 Å². The third kappa shape index (κ3) is 2.24. The van der Waals surface area contributed by atoms with E-state index in [1.807, 2.05) is 0 Å². The Balaban J connectivity index is 1.75. The molecule has 26 heavy (non-hydrogen) atoms. The Bertz CT molecular complexity index is 642. The van der Waals surface area contributed by atoms with Crippen molar-refractivity contribution in [2.75, 3.05) is 6.61 Å². The maximum atomic E-state index is 11.6. The first kappa shape index (κ1) is 18.5. The molecule has 0 aromatic rings. The fourth-order valence-electron chi connectivity index (χ4n) is 7.73. The van der Waals surface area contributed by atoms with E-state index in [2.05, 4.69) is 26.8 Å². The normalized spacial score (nSPS) is 52.7. The Kier molecular flexibility index (Phi) is 4.13. The SMILES string of the molecule is CC(=O)O[C@@H]1CC[C@]2(C)[C@H](C[C@H](O)[C@]34C=C(C)[C@H](CC[C@@H]23)C4)[C@@]1(C)CO. The number of fused-ring (bicyclic) bond motifs is 3. The molecule has 1 spiro atoms. The summed E-state index contributed by atoms with van der Waals surface area (Å²) in [6.45, 7) is 8.13. The van der Waals surface area contributed by atoms with E-state index < -0.39 is 5.41 Å². The molecule has 4 nitrogen and oxygen atoms in total. The first-order chi connectivity index (χ1) is 12.2. The number of rotatable bonds is 2. The predicted octanol–water partition coefficient (Wildman–Crippen LogP) is 3.46. The van der Waals surface area contributed by atoms with Gasteiger partial charge in [-0.3, -0.25) is 4.79 Å². The molecule has 0 unspecified atom stereocenters. The number of carbonyl (C=O) groups is 1. The molecule has 0 amide bonds. The molecule has 0 aromatic heterocycles. The van der Waals surface area contributed by atoms with E-state index in [4.69, 9.17) is 4.74 Å². The number of hydrogen-bond acceptors (Lipinski definition) is 4. The van der Waals surface area contributed by atoms with Crippen molar-refractivity contribution in [2.24, 2.45) is 34.0 Å². The van der Waals surface area contributed by atoms with Gasteiger partial charge in [-0.1, -0.05) is 25.5 Å². The van der Waals surface area contributed by atoms with Gasteiger partial charge in [0.15, 0.2) is 0 Å². The number of hydrogen-bond donors (Lipinski definition) is 2. The van der Waals surface area contributed by atoms with E-state index in [1.165, 1.54) is 18.9 Å². The monoisotopic (exact) mass is 362 g/mol. The summed E-state index contributed by atoms with van der Waals surface area (Å²) in [7, 11) is 0. The Morgan fingerprint density at radius 2 is 2.00 bits per heavy atom. The zero-order chi connectivity index (χ0) is 18.9. The lowest BCUT2D eigenvalue weighted by Gasteiger charge is -2.66. The van der Waals surface area contributed by atoms with Crippen LogP contribution in [-0.4, -0.2) is 35.0 Å². The fourth-order valence-corrected chi connectivity index (χ4v) is 7.73. The molecule has 3 saturated carbocycles. The van der Waals surface area contributed by atoms with Crippen LogP contribution in [0.4, 0.5) is 0 Å². The average molecular weight is 363 g/mol. The van der Waals surface area contributed by atoms with Gasteiger partial charge in [-0.15, -0.1) is 0 Å². The summed E-state index contributed by atoms with van der Waals surface area (Å²) in [5.41, 5.74) is 0.963. The molecule has 4 rings (SSSR count). The van der Waals surface area contributed by atoms with Crippen molar-refractivity contribution >= 4 is 5.97 Å². The van der Waals surface area contributed by atoms with Crippen LogP contribution in [0.2, 0.25) is 0 Å². The van der Waals surface area contributed by atoms with Gasteiger partial charge in [-0.2, -0.15) is 0 Å². The molecule has 0 radical (unpaired) electrons. The predicted molar refractivity (Wildman–Crippen MR) is 99.2 cm³/mol. The number of aliphatic hydroxyl groups excluding tert-OH is 2. The molecule has 4 heteroatoms. The van der Waals surface area contributed by atoms with Crippen LogP contribution in [0.25, 0.3) is 0 Å². The first-order valence-electron chi connectivity index (χ1n) is 10.3. The molecular weight excluding hydrogens is 328 g/mol. The van der Waals surface area contributed by atoms with E-state index >= 15 is 0 Å². The lowest BCUT2D eigenvalue weighted by molar-refractivity contribution is -0.228. The largest absolute Gasteiger partial charge is 0.462 e. The second kappa shape index (κ2) is 5.81. The standard InChI is InChI=1S/C22H34O4/c1-13-10-22-11-15(13)5-6-16(22)20(3)8-7-19(26-14(2)24)21(4,12-23)17(20)9-18(22)25/h10,15-19,23,25H,5-9,11-12H2,1-4H3/t15-,16+,17+,18+,19-,20+,21-,22+/m1/s1. The molecule has 0 saturated heterocycles. The minimum atomic E-state index is -0.491. The second-order valence-corrected chi connectivity index (χ2v) is 10.1. The lowest BCUT2D eigenvalue weighted by atomic mass is 9.40. The van der Waals surface area contributed by atoms with Crippen molar-refractivity contribution in [3.63, 3.8) is 0 Å². The number of ether oxygens (including phenoxy) is 1. The van der Waals surface area contributed by atoms with Crippen molar-refractivity contribution in [2.45, 2.75) is 78.4 Å². The number of carbonyl (C=O) groups excluding carboxylic acids is 1. The smallest absolute Gasteiger partial charge is 0.302 e. The van der Waals surface area contributed by atoms with Gasteiger partial charge >= 0.3 is 5.97 Å². The van der Waals surface area contributed by atoms with E-state index in [0.29, 0.717) is 18.3 Å². The summed E-state index contributed by atoms with van der Waals surface area (Å²) in [6.07, 6.45) is 7.74. The highest BCUT2D eigenvalue weighted by atomic mass is 16.5. The van der Waals surface area contributed by atoms with E-state index in [-0.39, 0.29) is 41.5 Å². The third-order valence-electron chi connectivity index (χ3n) is 8.99. The van der Waals surface area contributed by atoms with Crippen LogP contribution in [0.3, 0.4) is 0 Å². The van der Waals surface area contributed by atoms with Crippen molar-refractivity contribution in [1.29, 1.82) is 0 Å². The molecule has 2 bridgehead atoms. The minimum Gasteiger partial charge on any atom is -0.462 e.